The Labute approximate surface area is 95.9 Å². The zero-order valence-corrected chi connectivity index (χ0v) is 9.54. The molecule has 0 spiro atoms. The van der Waals surface area contributed by atoms with Gasteiger partial charge in [-0.3, -0.25) is 9.88 Å². The molecule has 2 atom stereocenters. The fourth-order valence-electron chi connectivity index (χ4n) is 1.98. The van der Waals surface area contributed by atoms with Gasteiger partial charge in [0.05, 0.1) is 18.9 Å². The second-order valence-corrected chi connectivity index (χ2v) is 4.09. The van der Waals surface area contributed by atoms with Gasteiger partial charge in [-0.1, -0.05) is 6.07 Å². The highest BCUT2D eigenvalue weighted by atomic mass is 16.5. The van der Waals surface area contributed by atoms with Crippen LogP contribution in [0.3, 0.4) is 0 Å². The highest BCUT2D eigenvalue weighted by Gasteiger charge is 2.25. The summed E-state index contributed by atoms with van der Waals surface area (Å²) in [6, 6.07) is 5.70. The van der Waals surface area contributed by atoms with Crippen LogP contribution in [0.25, 0.3) is 0 Å². The second kappa shape index (κ2) is 5.39. The lowest BCUT2D eigenvalue weighted by Gasteiger charge is -2.34. The monoisotopic (exact) mass is 222 g/mol. The molecular weight excluding hydrogens is 204 g/mol. The third-order valence-corrected chi connectivity index (χ3v) is 3.07. The maximum Gasteiger partial charge on any atom is 0.111 e. The van der Waals surface area contributed by atoms with E-state index < -0.39 is 6.10 Å². The van der Waals surface area contributed by atoms with Crippen LogP contribution in [0, 0.1) is 0 Å². The second-order valence-electron chi connectivity index (χ2n) is 4.09. The first kappa shape index (κ1) is 11.5. The molecule has 4 heteroatoms. The van der Waals surface area contributed by atoms with Crippen molar-refractivity contribution in [3.8, 4) is 0 Å². The summed E-state index contributed by atoms with van der Waals surface area (Å²) in [5.41, 5.74) is 0.737. The van der Waals surface area contributed by atoms with E-state index in [1.165, 1.54) is 0 Å². The molecule has 1 saturated heterocycles. The van der Waals surface area contributed by atoms with Crippen LogP contribution < -0.4 is 0 Å². The Balaban J connectivity index is 2.00. The molecule has 1 N–H and O–H groups in total. The summed E-state index contributed by atoms with van der Waals surface area (Å²) >= 11 is 0. The van der Waals surface area contributed by atoms with Gasteiger partial charge in [0, 0.05) is 25.3 Å². The molecule has 88 valence electrons. The molecule has 0 amide bonds. The van der Waals surface area contributed by atoms with Crippen molar-refractivity contribution in [2.75, 3.05) is 26.3 Å². The van der Waals surface area contributed by atoms with E-state index in [4.69, 9.17) is 4.74 Å². The molecule has 0 aliphatic carbocycles. The maximum atomic E-state index is 10.2. The summed E-state index contributed by atoms with van der Waals surface area (Å²) in [4.78, 5) is 6.43. The topological polar surface area (TPSA) is 45.6 Å². The number of nitrogens with zero attached hydrogens (tertiary/aromatic N) is 2. The van der Waals surface area contributed by atoms with Crippen molar-refractivity contribution in [3.05, 3.63) is 30.1 Å². The smallest absolute Gasteiger partial charge is 0.111 e. The van der Waals surface area contributed by atoms with Crippen LogP contribution in [-0.2, 0) is 4.74 Å². The molecule has 0 saturated carbocycles. The average molecular weight is 222 g/mol. The summed E-state index contributed by atoms with van der Waals surface area (Å²) in [5.74, 6) is 0. The molecule has 1 aromatic heterocycles. The molecule has 1 aromatic rings. The molecule has 0 unspecified atom stereocenters. The number of rotatable bonds is 3. The molecule has 16 heavy (non-hydrogen) atoms. The lowest BCUT2D eigenvalue weighted by molar-refractivity contribution is -0.0176. The minimum Gasteiger partial charge on any atom is -0.385 e. The van der Waals surface area contributed by atoms with Gasteiger partial charge in [0.2, 0.25) is 0 Å². The Morgan fingerprint density at radius 2 is 2.12 bits per heavy atom. The van der Waals surface area contributed by atoms with Crippen molar-refractivity contribution in [2.45, 2.75) is 19.1 Å². The van der Waals surface area contributed by atoms with Crippen molar-refractivity contribution in [1.29, 1.82) is 0 Å². The Kier molecular flexibility index (Phi) is 3.88. The number of aromatic nitrogens is 1. The van der Waals surface area contributed by atoms with Crippen LogP contribution in [-0.4, -0.2) is 47.3 Å². The van der Waals surface area contributed by atoms with Crippen molar-refractivity contribution in [3.63, 3.8) is 0 Å². The molecule has 2 heterocycles. The van der Waals surface area contributed by atoms with Crippen LogP contribution in [0.1, 0.15) is 18.7 Å². The van der Waals surface area contributed by atoms with Crippen LogP contribution in [0.5, 0.6) is 0 Å². The minimum atomic E-state index is -0.528. The Morgan fingerprint density at radius 3 is 2.75 bits per heavy atom. The average Bonchev–Trinajstić information content (AvgIpc) is 2.39. The quantitative estimate of drug-likeness (QED) is 0.823. The Morgan fingerprint density at radius 1 is 1.38 bits per heavy atom. The molecule has 2 rings (SSSR count). The lowest BCUT2D eigenvalue weighted by atomic mass is 10.1. The summed E-state index contributed by atoms with van der Waals surface area (Å²) in [6.45, 7) is 5.29. The summed E-state index contributed by atoms with van der Waals surface area (Å²) in [5, 5.41) is 10.2. The first-order chi connectivity index (χ1) is 7.79. The van der Waals surface area contributed by atoms with Gasteiger partial charge in [-0.15, -0.1) is 0 Å². The van der Waals surface area contributed by atoms with Crippen molar-refractivity contribution in [2.24, 2.45) is 0 Å². The van der Waals surface area contributed by atoms with Gasteiger partial charge >= 0.3 is 0 Å². The lowest BCUT2D eigenvalue weighted by Crippen LogP contribution is -2.44. The molecule has 1 aliphatic rings. The van der Waals surface area contributed by atoms with Gasteiger partial charge in [0.25, 0.3) is 0 Å². The largest absolute Gasteiger partial charge is 0.385 e. The van der Waals surface area contributed by atoms with Gasteiger partial charge in [0.1, 0.15) is 6.10 Å². The van der Waals surface area contributed by atoms with Gasteiger partial charge < -0.3 is 9.84 Å². The standard InChI is InChI=1S/C12H18N2O2/c1-10(14-6-8-16-9-7-14)12(15)11-4-2-3-5-13-11/h2-5,10,12,15H,6-9H2,1H3/t10-,12-/m1/s1. The molecule has 0 radical (unpaired) electrons. The van der Waals surface area contributed by atoms with Gasteiger partial charge in [-0.05, 0) is 19.1 Å². The number of ether oxygens (including phenoxy) is 1. The van der Waals surface area contributed by atoms with E-state index >= 15 is 0 Å². The molecule has 0 bridgehead atoms. The third-order valence-electron chi connectivity index (χ3n) is 3.07. The highest BCUT2D eigenvalue weighted by Crippen LogP contribution is 2.19. The normalized spacial score (nSPS) is 21.6. The van der Waals surface area contributed by atoms with Crippen molar-refractivity contribution >= 4 is 0 Å². The first-order valence-corrected chi connectivity index (χ1v) is 5.70. The van der Waals surface area contributed by atoms with Crippen molar-refractivity contribution < 1.29 is 9.84 Å². The number of hydrogen-bond donors (Lipinski definition) is 1. The van der Waals surface area contributed by atoms with Crippen LogP contribution >= 0.6 is 0 Å². The third kappa shape index (κ3) is 2.58. The van der Waals surface area contributed by atoms with E-state index in [1.807, 2.05) is 25.1 Å². The molecule has 1 fully saturated rings. The number of hydrogen-bond acceptors (Lipinski definition) is 4. The zero-order valence-electron chi connectivity index (χ0n) is 9.54. The van der Waals surface area contributed by atoms with E-state index in [0.717, 1.165) is 32.0 Å². The predicted octanol–water partition coefficient (Wildman–Crippen LogP) is 0.836. The molecule has 1 aliphatic heterocycles. The van der Waals surface area contributed by atoms with Gasteiger partial charge in [-0.25, -0.2) is 0 Å². The fraction of sp³-hybridized carbons (Fsp3) is 0.583. The summed E-state index contributed by atoms with van der Waals surface area (Å²) in [7, 11) is 0. The fourth-order valence-corrected chi connectivity index (χ4v) is 1.98. The van der Waals surface area contributed by atoms with Crippen molar-refractivity contribution in [1.82, 2.24) is 9.88 Å². The molecule has 4 nitrogen and oxygen atoms in total. The first-order valence-electron chi connectivity index (χ1n) is 5.70. The molecular formula is C12H18N2O2. The van der Waals surface area contributed by atoms with E-state index in [2.05, 4.69) is 9.88 Å². The van der Waals surface area contributed by atoms with E-state index in [0.29, 0.717) is 0 Å². The van der Waals surface area contributed by atoms with Crippen LogP contribution in [0.2, 0.25) is 0 Å². The Bertz CT molecular complexity index is 312. The summed E-state index contributed by atoms with van der Waals surface area (Å²) in [6.07, 6.45) is 1.18. The van der Waals surface area contributed by atoms with E-state index in [-0.39, 0.29) is 6.04 Å². The maximum absolute atomic E-state index is 10.2. The Hall–Kier alpha value is -0.970. The van der Waals surface area contributed by atoms with Crippen LogP contribution in [0.15, 0.2) is 24.4 Å². The highest BCUT2D eigenvalue weighted by molar-refractivity contribution is 5.08. The number of morpholine rings is 1. The predicted molar refractivity (Wildman–Crippen MR) is 61.1 cm³/mol. The number of pyridine rings is 1. The SMILES string of the molecule is C[C@H]([C@@H](O)c1ccccn1)N1CCOCC1. The molecule has 0 aromatic carbocycles. The van der Waals surface area contributed by atoms with Crippen LogP contribution in [0.4, 0.5) is 0 Å². The van der Waals surface area contributed by atoms with Gasteiger partial charge in [-0.2, -0.15) is 0 Å². The van der Waals surface area contributed by atoms with E-state index in [1.54, 1.807) is 6.20 Å². The zero-order chi connectivity index (χ0) is 11.4. The summed E-state index contributed by atoms with van der Waals surface area (Å²) < 4.78 is 5.30. The minimum absolute atomic E-state index is 0.0822. The van der Waals surface area contributed by atoms with Gasteiger partial charge in [0.15, 0.2) is 0 Å². The number of aliphatic hydroxyl groups is 1. The number of aliphatic hydroxyl groups excluding tert-OH is 1. The van der Waals surface area contributed by atoms with E-state index in [9.17, 15) is 5.11 Å².